The van der Waals surface area contributed by atoms with Crippen LogP contribution in [0, 0.1) is 18.7 Å². The summed E-state index contributed by atoms with van der Waals surface area (Å²) < 4.78 is 13.3. The van der Waals surface area contributed by atoms with E-state index in [2.05, 4.69) is 5.32 Å². The monoisotopic (exact) mass is 224 g/mol. The van der Waals surface area contributed by atoms with Crippen molar-refractivity contribution in [3.8, 4) is 0 Å². The van der Waals surface area contributed by atoms with Crippen LogP contribution in [-0.2, 0) is 0 Å². The minimum absolute atomic E-state index is 0.265. The van der Waals surface area contributed by atoms with Gasteiger partial charge in [-0.3, -0.25) is 4.79 Å². The molecule has 0 saturated heterocycles. The summed E-state index contributed by atoms with van der Waals surface area (Å²) in [5, 5.41) is 2.71. The molecule has 0 radical (unpaired) electrons. The molecule has 0 unspecified atom stereocenters. The van der Waals surface area contributed by atoms with E-state index in [-0.39, 0.29) is 11.5 Å². The van der Waals surface area contributed by atoms with Gasteiger partial charge in [0.15, 0.2) is 0 Å². The minimum Gasteiger partial charge on any atom is -0.398 e. The standard InChI is InChI=1S/C12H17FN2O/c1-7(2)6-15-12(16)9-4-10(13)8(3)11(14)5-9/h4-5,7H,6,14H2,1-3H3,(H,15,16). The Morgan fingerprint density at radius 2 is 2.12 bits per heavy atom. The van der Waals surface area contributed by atoms with Crippen molar-refractivity contribution in [2.75, 3.05) is 12.3 Å². The number of carbonyl (C=O) groups excluding carboxylic acids is 1. The second kappa shape index (κ2) is 4.96. The molecular weight excluding hydrogens is 207 g/mol. The molecule has 0 atom stereocenters. The van der Waals surface area contributed by atoms with Gasteiger partial charge in [0.2, 0.25) is 0 Å². The molecular formula is C12H17FN2O. The third-order valence-corrected chi connectivity index (χ3v) is 2.32. The van der Waals surface area contributed by atoms with Gasteiger partial charge in [-0.05, 0) is 25.0 Å². The molecule has 1 amide bonds. The second-order valence-electron chi connectivity index (χ2n) is 4.28. The molecule has 3 N–H and O–H groups in total. The van der Waals surface area contributed by atoms with Crippen LogP contribution in [0.3, 0.4) is 0 Å². The van der Waals surface area contributed by atoms with Crippen molar-refractivity contribution in [1.82, 2.24) is 5.32 Å². The van der Waals surface area contributed by atoms with Crippen LogP contribution in [0.4, 0.5) is 10.1 Å². The van der Waals surface area contributed by atoms with Crippen LogP contribution in [0.2, 0.25) is 0 Å². The van der Waals surface area contributed by atoms with E-state index in [1.54, 1.807) is 6.92 Å². The molecule has 1 aromatic carbocycles. The Bertz CT molecular complexity index is 379. The number of rotatable bonds is 3. The maximum atomic E-state index is 13.3. The molecule has 16 heavy (non-hydrogen) atoms. The molecule has 0 heterocycles. The van der Waals surface area contributed by atoms with E-state index < -0.39 is 5.82 Å². The van der Waals surface area contributed by atoms with Crippen LogP contribution in [-0.4, -0.2) is 12.5 Å². The number of halogens is 1. The predicted octanol–water partition coefficient (Wildman–Crippen LogP) is 2.10. The van der Waals surface area contributed by atoms with E-state index >= 15 is 0 Å². The quantitative estimate of drug-likeness (QED) is 0.772. The Balaban J connectivity index is 2.84. The lowest BCUT2D eigenvalue weighted by atomic mass is 10.1. The molecule has 0 aliphatic heterocycles. The van der Waals surface area contributed by atoms with E-state index in [0.29, 0.717) is 23.7 Å². The van der Waals surface area contributed by atoms with Gasteiger partial charge in [-0.2, -0.15) is 0 Å². The molecule has 0 aromatic heterocycles. The highest BCUT2D eigenvalue weighted by atomic mass is 19.1. The Kier molecular flexibility index (Phi) is 3.88. The molecule has 0 aliphatic rings. The molecule has 0 fully saturated rings. The molecule has 1 aromatic rings. The van der Waals surface area contributed by atoms with Gasteiger partial charge >= 0.3 is 0 Å². The van der Waals surface area contributed by atoms with Crippen LogP contribution in [0.15, 0.2) is 12.1 Å². The first kappa shape index (κ1) is 12.5. The van der Waals surface area contributed by atoms with Crippen LogP contribution >= 0.6 is 0 Å². The van der Waals surface area contributed by atoms with Gasteiger partial charge in [-0.1, -0.05) is 13.8 Å². The third kappa shape index (κ3) is 2.95. The van der Waals surface area contributed by atoms with E-state index in [4.69, 9.17) is 5.73 Å². The van der Waals surface area contributed by atoms with Gasteiger partial charge in [0.25, 0.3) is 5.91 Å². The largest absolute Gasteiger partial charge is 0.398 e. The Morgan fingerprint density at radius 3 is 2.62 bits per heavy atom. The second-order valence-corrected chi connectivity index (χ2v) is 4.28. The van der Waals surface area contributed by atoms with Crippen LogP contribution in [0.5, 0.6) is 0 Å². The molecule has 4 heteroatoms. The molecule has 0 aliphatic carbocycles. The fourth-order valence-electron chi connectivity index (χ4n) is 1.23. The Morgan fingerprint density at radius 1 is 1.50 bits per heavy atom. The van der Waals surface area contributed by atoms with Crippen molar-refractivity contribution < 1.29 is 9.18 Å². The first-order valence-electron chi connectivity index (χ1n) is 5.25. The van der Waals surface area contributed by atoms with Gasteiger partial charge in [-0.25, -0.2) is 4.39 Å². The number of carbonyl (C=O) groups is 1. The average molecular weight is 224 g/mol. The van der Waals surface area contributed by atoms with Crippen LogP contribution in [0.25, 0.3) is 0 Å². The number of benzene rings is 1. The van der Waals surface area contributed by atoms with Gasteiger partial charge < -0.3 is 11.1 Å². The highest BCUT2D eigenvalue weighted by Gasteiger charge is 2.10. The Hall–Kier alpha value is -1.58. The summed E-state index contributed by atoms with van der Waals surface area (Å²) >= 11 is 0. The minimum atomic E-state index is -0.449. The molecule has 88 valence electrons. The van der Waals surface area contributed by atoms with Crippen molar-refractivity contribution >= 4 is 11.6 Å². The van der Waals surface area contributed by atoms with Crippen molar-refractivity contribution in [3.63, 3.8) is 0 Å². The van der Waals surface area contributed by atoms with E-state index in [1.807, 2.05) is 13.8 Å². The maximum absolute atomic E-state index is 13.3. The summed E-state index contributed by atoms with van der Waals surface area (Å²) in [5.74, 6) is -0.384. The first-order chi connectivity index (χ1) is 7.41. The van der Waals surface area contributed by atoms with Crippen molar-refractivity contribution in [2.45, 2.75) is 20.8 Å². The number of hydrogen-bond donors (Lipinski definition) is 2. The number of nitrogen functional groups attached to an aromatic ring is 1. The van der Waals surface area contributed by atoms with Crippen molar-refractivity contribution in [2.24, 2.45) is 5.92 Å². The van der Waals surface area contributed by atoms with Crippen molar-refractivity contribution in [3.05, 3.63) is 29.1 Å². The first-order valence-corrected chi connectivity index (χ1v) is 5.25. The summed E-state index contributed by atoms with van der Waals surface area (Å²) in [6, 6.07) is 2.70. The normalized spacial score (nSPS) is 10.6. The zero-order valence-corrected chi connectivity index (χ0v) is 9.80. The highest BCUT2D eigenvalue weighted by Crippen LogP contribution is 2.17. The molecule has 0 spiro atoms. The van der Waals surface area contributed by atoms with Crippen LogP contribution < -0.4 is 11.1 Å². The fraction of sp³-hybridized carbons (Fsp3) is 0.417. The van der Waals surface area contributed by atoms with E-state index in [9.17, 15) is 9.18 Å². The van der Waals surface area contributed by atoms with Gasteiger partial charge in [-0.15, -0.1) is 0 Å². The summed E-state index contributed by atoms with van der Waals surface area (Å²) in [5.41, 5.74) is 6.54. The molecule has 0 saturated carbocycles. The van der Waals surface area contributed by atoms with Gasteiger partial charge in [0.1, 0.15) is 5.82 Å². The lowest BCUT2D eigenvalue weighted by molar-refractivity contribution is 0.0948. The maximum Gasteiger partial charge on any atom is 0.251 e. The lowest BCUT2D eigenvalue weighted by Gasteiger charge is -2.09. The Labute approximate surface area is 94.8 Å². The number of amides is 1. The summed E-state index contributed by atoms with van der Waals surface area (Å²) in [6.45, 7) is 6.13. The third-order valence-electron chi connectivity index (χ3n) is 2.32. The van der Waals surface area contributed by atoms with Gasteiger partial charge in [0.05, 0.1) is 0 Å². The fourth-order valence-corrected chi connectivity index (χ4v) is 1.23. The number of anilines is 1. The van der Waals surface area contributed by atoms with E-state index in [1.165, 1.54) is 12.1 Å². The van der Waals surface area contributed by atoms with Gasteiger partial charge in [0, 0.05) is 23.4 Å². The SMILES string of the molecule is Cc1c(N)cc(C(=O)NCC(C)C)cc1F. The number of nitrogens with two attached hydrogens (primary N) is 1. The smallest absolute Gasteiger partial charge is 0.251 e. The topological polar surface area (TPSA) is 55.1 Å². The predicted molar refractivity (Wildman–Crippen MR) is 62.7 cm³/mol. The zero-order chi connectivity index (χ0) is 12.3. The lowest BCUT2D eigenvalue weighted by Crippen LogP contribution is -2.27. The number of nitrogens with one attached hydrogen (secondary N) is 1. The van der Waals surface area contributed by atoms with Crippen LogP contribution in [0.1, 0.15) is 29.8 Å². The summed E-state index contributed by atoms with van der Waals surface area (Å²) in [4.78, 5) is 11.6. The van der Waals surface area contributed by atoms with Crippen molar-refractivity contribution in [1.29, 1.82) is 0 Å². The highest BCUT2D eigenvalue weighted by molar-refractivity contribution is 5.95. The summed E-state index contributed by atoms with van der Waals surface area (Å²) in [6.07, 6.45) is 0. The zero-order valence-electron chi connectivity index (χ0n) is 9.80. The molecule has 0 bridgehead atoms. The van der Waals surface area contributed by atoms with E-state index in [0.717, 1.165) is 0 Å². The molecule has 3 nitrogen and oxygen atoms in total. The summed E-state index contributed by atoms with van der Waals surface area (Å²) in [7, 11) is 0. The average Bonchev–Trinajstić information content (AvgIpc) is 2.21. The number of hydrogen-bond acceptors (Lipinski definition) is 2. The molecule has 1 rings (SSSR count).